The maximum atomic E-state index is 12.2. The Kier molecular flexibility index (Phi) is 5.91. The Morgan fingerprint density at radius 2 is 1.95 bits per heavy atom. The summed E-state index contributed by atoms with van der Waals surface area (Å²) < 4.78 is 25.5. The largest absolute Gasteiger partial charge is 0.293 e. The van der Waals surface area contributed by atoms with Crippen LogP contribution in [0.4, 0.5) is 0 Å². The zero-order valence-corrected chi connectivity index (χ0v) is 13.3. The van der Waals surface area contributed by atoms with Crippen LogP contribution in [0.1, 0.15) is 24.2 Å². The second-order valence-electron chi connectivity index (χ2n) is 4.15. The van der Waals surface area contributed by atoms with E-state index in [0.717, 1.165) is 11.8 Å². The lowest BCUT2D eigenvalue weighted by molar-refractivity contribution is -0.109. The van der Waals surface area contributed by atoms with Gasteiger partial charge in [0.15, 0.2) is 10.9 Å². The molecule has 0 saturated heterocycles. The Bertz CT molecular complexity index is 611. The molecule has 0 bridgehead atoms. The van der Waals surface area contributed by atoms with E-state index in [0.29, 0.717) is 12.1 Å². The maximum absolute atomic E-state index is 12.2. The van der Waals surface area contributed by atoms with Gasteiger partial charge in [-0.2, -0.15) is 0 Å². The van der Waals surface area contributed by atoms with Gasteiger partial charge in [-0.3, -0.25) is 9.59 Å². The van der Waals surface area contributed by atoms with Crippen LogP contribution in [-0.4, -0.2) is 43.0 Å². The van der Waals surface area contributed by atoms with Crippen molar-refractivity contribution in [2.24, 2.45) is 0 Å². The number of hydrogen-bond acceptors (Lipinski definition) is 5. The third-order valence-electron chi connectivity index (χ3n) is 2.72. The third-order valence-corrected chi connectivity index (χ3v) is 5.46. The summed E-state index contributed by atoms with van der Waals surface area (Å²) >= 11 is 0.910. The van der Waals surface area contributed by atoms with Gasteiger partial charge in [0, 0.05) is 26.1 Å². The summed E-state index contributed by atoms with van der Waals surface area (Å²) in [6.45, 7) is 3.46. The van der Waals surface area contributed by atoms with Crippen LogP contribution in [0.3, 0.4) is 0 Å². The summed E-state index contributed by atoms with van der Waals surface area (Å²) in [5.41, 5.74) is 0.296. The number of thioether (sulfide) groups is 1. The fraction of sp³-hybridized carbons (Fsp3) is 0.385. The molecule has 0 aliphatic heterocycles. The fourth-order valence-corrected chi connectivity index (χ4v) is 3.16. The highest BCUT2D eigenvalue weighted by Crippen LogP contribution is 2.17. The minimum atomic E-state index is -3.57. The molecule has 1 aromatic carbocycles. The van der Waals surface area contributed by atoms with Gasteiger partial charge in [-0.05, 0) is 12.1 Å². The Morgan fingerprint density at radius 3 is 2.50 bits per heavy atom. The molecular weight excluding hydrogens is 298 g/mol. The van der Waals surface area contributed by atoms with E-state index in [1.54, 1.807) is 13.0 Å². The molecule has 7 heteroatoms. The predicted molar refractivity (Wildman–Crippen MR) is 79.4 cm³/mol. The number of ketones is 1. The average Bonchev–Trinajstić information content (AvgIpc) is 2.43. The van der Waals surface area contributed by atoms with Gasteiger partial charge in [0.1, 0.15) is 0 Å². The van der Waals surface area contributed by atoms with Crippen molar-refractivity contribution in [1.82, 2.24) is 4.31 Å². The van der Waals surface area contributed by atoms with Gasteiger partial charge >= 0.3 is 0 Å². The number of hydrogen-bond donors (Lipinski definition) is 0. The molecule has 5 nitrogen and oxygen atoms in total. The van der Waals surface area contributed by atoms with E-state index >= 15 is 0 Å². The van der Waals surface area contributed by atoms with E-state index in [2.05, 4.69) is 0 Å². The van der Waals surface area contributed by atoms with Crippen LogP contribution in [0.25, 0.3) is 0 Å². The quantitative estimate of drug-likeness (QED) is 0.748. The molecule has 0 aliphatic carbocycles. The minimum Gasteiger partial charge on any atom is -0.293 e. The monoisotopic (exact) mass is 315 g/mol. The van der Waals surface area contributed by atoms with Crippen molar-refractivity contribution in [3.8, 4) is 0 Å². The topological polar surface area (TPSA) is 71.5 Å². The van der Waals surface area contributed by atoms with E-state index in [1.807, 2.05) is 0 Å². The van der Waals surface area contributed by atoms with Gasteiger partial charge in [0.2, 0.25) is 10.0 Å². The number of rotatable bonds is 6. The van der Waals surface area contributed by atoms with Crippen molar-refractivity contribution in [2.75, 3.05) is 19.3 Å². The fourth-order valence-electron chi connectivity index (χ4n) is 1.43. The van der Waals surface area contributed by atoms with Crippen molar-refractivity contribution in [3.05, 3.63) is 29.8 Å². The first-order valence-corrected chi connectivity index (χ1v) is 8.44. The van der Waals surface area contributed by atoms with Crippen LogP contribution in [0.15, 0.2) is 29.2 Å². The Labute approximate surface area is 123 Å². The lowest BCUT2D eigenvalue weighted by Crippen LogP contribution is -2.26. The number of benzene rings is 1. The zero-order valence-electron chi connectivity index (χ0n) is 11.6. The zero-order chi connectivity index (χ0) is 15.3. The summed E-state index contributed by atoms with van der Waals surface area (Å²) in [5, 5.41) is -0.146. The first-order chi connectivity index (χ1) is 9.28. The average molecular weight is 315 g/mol. The number of carbonyl (C=O) groups is 2. The molecule has 0 saturated carbocycles. The molecule has 0 aliphatic rings. The first kappa shape index (κ1) is 16.9. The summed E-state index contributed by atoms with van der Waals surface area (Å²) in [5.74, 6) is -0.246. The van der Waals surface area contributed by atoms with Crippen LogP contribution in [-0.2, 0) is 14.8 Å². The third kappa shape index (κ3) is 4.16. The van der Waals surface area contributed by atoms with Gasteiger partial charge in [0.25, 0.3) is 0 Å². The van der Waals surface area contributed by atoms with E-state index in [4.69, 9.17) is 0 Å². The second-order valence-corrected chi connectivity index (χ2v) is 7.35. The Hall–Kier alpha value is -1.18. The van der Waals surface area contributed by atoms with Crippen LogP contribution in [0.2, 0.25) is 0 Å². The van der Waals surface area contributed by atoms with Crippen LogP contribution in [0, 0.1) is 0 Å². The lowest BCUT2D eigenvalue weighted by Gasteiger charge is -2.15. The highest BCUT2D eigenvalue weighted by Gasteiger charge is 2.20. The molecule has 0 atom stereocenters. The number of sulfonamides is 1. The molecule has 0 fully saturated rings. The summed E-state index contributed by atoms with van der Waals surface area (Å²) in [7, 11) is -2.09. The van der Waals surface area contributed by atoms with Crippen LogP contribution in [0.5, 0.6) is 0 Å². The highest BCUT2D eigenvalue weighted by atomic mass is 32.2. The number of Topliss-reactive ketones (excluding diaryl/α,β-unsaturated/α-hetero) is 1. The molecule has 0 spiro atoms. The van der Waals surface area contributed by atoms with E-state index in [-0.39, 0.29) is 21.5 Å². The van der Waals surface area contributed by atoms with E-state index in [9.17, 15) is 18.0 Å². The highest BCUT2D eigenvalue weighted by molar-refractivity contribution is 8.14. The standard InChI is InChI=1S/C13H17NO4S2/c1-4-14(3)20(17,18)12-7-5-6-11(8-12)13(16)9-19-10(2)15/h5-8H,4,9H2,1-3H3. The van der Waals surface area contributed by atoms with Gasteiger partial charge < -0.3 is 0 Å². The molecule has 110 valence electrons. The van der Waals surface area contributed by atoms with Gasteiger partial charge in [-0.25, -0.2) is 12.7 Å². The smallest absolute Gasteiger partial charge is 0.242 e. The summed E-state index contributed by atoms with van der Waals surface area (Å²) in [6, 6.07) is 5.89. The van der Waals surface area contributed by atoms with Crippen molar-refractivity contribution in [1.29, 1.82) is 0 Å². The maximum Gasteiger partial charge on any atom is 0.242 e. The van der Waals surface area contributed by atoms with Crippen molar-refractivity contribution < 1.29 is 18.0 Å². The van der Waals surface area contributed by atoms with E-state index in [1.165, 1.54) is 36.5 Å². The molecular formula is C13H17NO4S2. The van der Waals surface area contributed by atoms with Gasteiger partial charge in [0.05, 0.1) is 10.6 Å². The van der Waals surface area contributed by atoms with Crippen molar-refractivity contribution >= 4 is 32.7 Å². The Morgan fingerprint density at radius 1 is 1.30 bits per heavy atom. The molecule has 0 N–H and O–H groups in total. The lowest BCUT2D eigenvalue weighted by atomic mass is 10.1. The van der Waals surface area contributed by atoms with Crippen LogP contribution >= 0.6 is 11.8 Å². The summed E-state index contributed by atoms with van der Waals surface area (Å²) in [6.07, 6.45) is 0. The molecule has 0 unspecified atom stereocenters. The van der Waals surface area contributed by atoms with E-state index < -0.39 is 10.0 Å². The molecule has 1 aromatic rings. The van der Waals surface area contributed by atoms with Crippen molar-refractivity contribution in [3.63, 3.8) is 0 Å². The molecule has 0 amide bonds. The first-order valence-electron chi connectivity index (χ1n) is 6.02. The predicted octanol–water partition coefficient (Wildman–Crippen LogP) is 1.79. The van der Waals surface area contributed by atoms with Crippen molar-refractivity contribution in [2.45, 2.75) is 18.7 Å². The Balaban J connectivity index is 3.02. The SMILES string of the molecule is CCN(C)S(=O)(=O)c1cccc(C(=O)CSC(C)=O)c1. The molecule has 0 aromatic heterocycles. The summed E-state index contributed by atoms with van der Waals surface area (Å²) in [4.78, 5) is 22.8. The number of nitrogens with zero attached hydrogens (tertiary/aromatic N) is 1. The number of carbonyl (C=O) groups excluding carboxylic acids is 2. The molecule has 0 radical (unpaired) electrons. The van der Waals surface area contributed by atoms with Gasteiger partial charge in [-0.15, -0.1) is 0 Å². The minimum absolute atomic E-state index is 0.0163. The second kappa shape index (κ2) is 7.01. The molecule has 20 heavy (non-hydrogen) atoms. The van der Waals surface area contributed by atoms with Gasteiger partial charge in [-0.1, -0.05) is 30.8 Å². The molecule has 0 heterocycles. The normalized spacial score (nSPS) is 11.6. The molecule has 1 rings (SSSR count). The van der Waals surface area contributed by atoms with Crippen LogP contribution < -0.4 is 0 Å².